The zero-order chi connectivity index (χ0) is 20.5. The van der Waals surface area contributed by atoms with Gasteiger partial charge in [0.25, 0.3) is 0 Å². The number of nitrogens with one attached hydrogen (secondary N) is 2. The van der Waals surface area contributed by atoms with Crippen LogP contribution in [0.4, 0.5) is 0 Å². The molecule has 1 aromatic heterocycles. The van der Waals surface area contributed by atoms with Crippen LogP contribution in [0.3, 0.4) is 0 Å². The van der Waals surface area contributed by atoms with Gasteiger partial charge in [0, 0.05) is 45.1 Å². The monoisotopic (exact) mass is 397 g/mol. The van der Waals surface area contributed by atoms with Crippen molar-refractivity contribution in [2.75, 3.05) is 26.2 Å². The smallest absolute Gasteiger partial charge is 0.223 e. The minimum Gasteiger partial charge on any atom is -0.357 e. The molecule has 1 aliphatic heterocycles. The van der Waals surface area contributed by atoms with Gasteiger partial charge >= 0.3 is 0 Å². The van der Waals surface area contributed by atoms with Crippen LogP contribution in [0, 0.1) is 5.92 Å². The number of nitrogens with zero attached hydrogens (tertiary/aromatic N) is 5. The van der Waals surface area contributed by atoms with E-state index >= 15 is 0 Å². The molecule has 1 atom stereocenters. The Kier molecular flexibility index (Phi) is 7.61. The minimum atomic E-state index is 0.241. The summed E-state index contributed by atoms with van der Waals surface area (Å²) in [4.78, 5) is 19.0. The van der Waals surface area contributed by atoms with Crippen molar-refractivity contribution in [1.29, 1.82) is 0 Å². The van der Waals surface area contributed by atoms with E-state index in [0.29, 0.717) is 18.9 Å². The number of aryl methyl sites for hydroxylation is 1. The molecule has 1 aliphatic rings. The number of aromatic nitrogens is 3. The van der Waals surface area contributed by atoms with Gasteiger partial charge in [-0.15, -0.1) is 10.2 Å². The third-order valence-electron chi connectivity index (χ3n) is 5.13. The molecule has 0 bridgehead atoms. The molecular weight excluding hydrogens is 366 g/mol. The fourth-order valence-corrected chi connectivity index (χ4v) is 3.51. The standard InChI is InChI=1S/C21H31N7O/c1-3-22-21(24-14-19-26-25-16-27(19)4-2)23-13-18-12-20(29)28(15-18)11-10-17-8-6-5-7-9-17/h5-9,16,18H,3-4,10-15H2,1-2H3,(H2,22,23,24). The van der Waals surface area contributed by atoms with Crippen LogP contribution >= 0.6 is 0 Å². The second-order valence-electron chi connectivity index (χ2n) is 7.25. The minimum absolute atomic E-state index is 0.241. The molecular formula is C21H31N7O. The number of likely N-dealkylation sites (tertiary alicyclic amines) is 1. The van der Waals surface area contributed by atoms with E-state index in [4.69, 9.17) is 0 Å². The lowest BCUT2D eigenvalue weighted by Crippen LogP contribution is -2.40. The Morgan fingerprint density at radius 2 is 2.07 bits per heavy atom. The highest BCUT2D eigenvalue weighted by Gasteiger charge is 2.29. The molecule has 0 spiro atoms. The first-order chi connectivity index (χ1) is 14.2. The predicted molar refractivity (Wildman–Crippen MR) is 113 cm³/mol. The molecule has 29 heavy (non-hydrogen) atoms. The van der Waals surface area contributed by atoms with E-state index in [1.807, 2.05) is 34.6 Å². The number of hydrogen-bond donors (Lipinski definition) is 2. The molecule has 1 aromatic carbocycles. The highest BCUT2D eigenvalue weighted by Crippen LogP contribution is 2.17. The van der Waals surface area contributed by atoms with E-state index in [0.717, 1.165) is 50.9 Å². The van der Waals surface area contributed by atoms with Crippen molar-refractivity contribution in [2.45, 2.75) is 39.8 Å². The lowest BCUT2D eigenvalue weighted by atomic mass is 10.1. The number of hydrogen-bond acceptors (Lipinski definition) is 4. The SMILES string of the molecule is CCNC(=NCc1nncn1CC)NCC1CC(=O)N(CCc2ccccc2)C1. The van der Waals surface area contributed by atoms with Gasteiger partial charge in [0.15, 0.2) is 11.8 Å². The molecule has 1 fully saturated rings. The number of carbonyl (C=O) groups excluding carboxylic acids is 1. The molecule has 2 aromatic rings. The summed E-state index contributed by atoms with van der Waals surface area (Å²) in [5.74, 6) is 2.12. The molecule has 1 unspecified atom stereocenters. The molecule has 8 nitrogen and oxygen atoms in total. The molecule has 2 heterocycles. The molecule has 156 valence electrons. The van der Waals surface area contributed by atoms with Crippen LogP contribution in [0.5, 0.6) is 0 Å². The Bertz CT molecular complexity index is 802. The van der Waals surface area contributed by atoms with Gasteiger partial charge in [-0.25, -0.2) is 4.99 Å². The summed E-state index contributed by atoms with van der Waals surface area (Å²) < 4.78 is 1.98. The number of carbonyl (C=O) groups is 1. The molecule has 0 saturated carbocycles. The van der Waals surface area contributed by atoms with Gasteiger partial charge in [0.2, 0.25) is 5.91 Å². The lowest BCUT2D eigenvalue weighted by molar-refractivity contribution is -0.127. The Labute approximate surface area is 172 Å². The Morgan fingerprint density at radius 1 is 1.24 bits per heavy atom. The summed E-state index contributed by atoms with van der Waals surface area (Å²) in [6.45, 7) is 8.46. The van der Waals surface area contributed by atoms with Crippen LogP contribution < -0.4 is 10.6 Å². The van der Waals surface area contributed by atoms with Crippen LogP contribution in [0.15, 0.2) is 41.7 Å². The number of guanidine groups is 1. The summed E-state index contributed by atoms with van der Waals surface area (Å²) in [5.41, 5.74) is 1.27. The first kappa shape index (κ1) is 20.8. The summed E-state index contributed by atoms with van der Waals surface area (Å²) >= 11 is 0. The molecule has 2 N–H and O–H groups in total. The third-order valence-corrected chi connectivity index (χ3v) is 5.13. The van der Waals surface area contributed by atoms with Gasteiger partial charge in [-0.1, -0.05) is 30.3 Å². The predicted octanol–water partition coefficient (Wildman–Crippen LogP) is 1.44. The van der Waals surface area contributed by atoms with Gasteiger partial charge in [-0.05, 0) is 25.8 Å². The topological polar surface area (TPSA) is 87.4 Å². The summed E-state index contributed by atoms with van der Waals surface area (Å²) in [6, 6.07) is 10.3. The van der Waals surface area contributed by atoms with E-state index in [1.165, 1.54) is 5.56 Å². The van der Waals surface area contributed by atoms with Crippen molar-refractivity contribution < 1.29 is 4.79 Å². The Balaban J connectivity index is 1.48. The van der Waals surface area contributed by atoms with Crippen molar-refractivity contribution in [2.24, 2.45) is 10.9 Å². The third kappa shape index (κ3) is 6.04. The van der Waals surface area contributed by atoms with E-state index in [1.54, 1.807) is 6.33 Å². The Morgan fingerprint density at radius 3 is 2.83 bits per heavy atom. The van der Waals surface area contributed by atoms with Crippen LogP contribution in [-0.4, -0.2) is 57.7 Å². The van der Waals surface area contributed by atoms with Crippen LogP contribution in [0.25, 0.3) is 0 Å². The number of benzene rings is 1. The summed E-state index contributed by atoms with van der Waals surface area (Å²) in [6.07, 6.45) is 3.21. The highest BCUT2D eigenvalue weighted by atomic mass is 16.2. The first-order valence-corrected chi connectivity index (χ1v) is 10.4. The molecule has 1 amide bonds. The zero-order valence-electron chi connectivity index (χ0n) is 17.3. The normalized spacial score (nSPS) is 17.0. The van der Waals surface area contributed by atoms with Crippen LogP contribution in [0.2, 0.25) is 0 Å². The van der Waals surface area contributed by atoms with Gasteiger partial charge in [-0.2, -0.15) is 0 Å². The fraction of sp³-hybridized carbons (Fsp3) is 0.524. The first-order valence-electron chi connectivity index (χ1n) is 10.4. The average molecular weight is 398 g/mol. The maximum absolute atomic E-state index is 12.4. The van der Waals surface area contributed by atoms with Gasteiger partial charge in [0.05, 0.1) is 0 Å². The van der Waals surface area contributed by atoms with E-state index in [9.17, 15) is 4.79 Å². The second kappa shape index (κ2) is 10.6. The molecule has 1 saturated heterocycles. The van der Waals surface area contributed by atoms with Crippen molar-refractivity contribution in [1.82, 2.24) is 30.3 Å². The summed E-state index contributed by atoms with van der Waals surface area (Å²) in [7, 11) is 0. The van der Waals surface area contributed by atoms with Gasteiger partial charge in [-0.3, -0.25) is 4.79 Å². The van der Waals surface area contributed by atoms with Crippen molar-refractivity contribution in [3.63, 3.8) is 0 Å². The zero-order valence-corrected chi connectivity index (χ0v) is 17.3. The fourth-order valence-electron chi connectivity index (χ4n) is 3.51. The number of rotatable bonds is 9. The van der Waals surface area contributed by atoms with Gasteiger partial charge < -0.3 is 20.1 Å². The Hall–Kier alpha value is -2.90. The van der Waals surface area contributed by atoms with Crippen LogP contribution in [-0.2, 0) is 24.3 Å². The molecule has 8 heteroatoms. The maximum atomic E-state index is 12.4. The van der Waals surface area contributed by atoms with E-state index in [2.05, 4.69) is 44.9 Å². The van der Waals surface area contributed by atoms with Gasteiger partial charge in [0.1, 0.15) is 12.9 Å². The van der Waals surface area contributed by atoms with Crippen molar-refractivity contribution >= 4 is 11.9 Å². The van der Waals surface area contributed by atoms with E-state index < -0.39 is 0 Å². The largest absolute Gasteiger partial charge is 0.357 e. The van der Waals surface area contributed by atoms with Crippen LogP contribution in [0.1, 0.15) is 31.7 Å². The quantitative estimate of drug-likeness (QED) is 0.494. The van der Waals surface area contributed by atoms with E-state index in [-0.39, 0.29) is 5.91 Å². The highest BCUT2D eigenvalue weighted by molar-refractivity contribution is 5.80. The summed E-state index contributed by atoms with van der Waals surface area (Å²) in [5, 5.41) is 14.7. The second-order valence-corrected chi connectivity index (χ2v) is 7.25. The molecule has 0 aliphatic carbocycles. The number of amides is 1. The average Bonchev–Trinajstić information content (AvgIpc) is 3.35. The molecule has 3 rings (SSSR count). The number of aliphatic imine (C=N–C) groups is 1. The van der Waals surface area contributed by atoms with Crippen molar-refractivity contribution in [3.8, 4) is 0 Å². The lowest BCUT2D eigenvalue weighted by Gasteiger charge is -2.18. The van der Waals surface area contributed by atoms with Crippen molar-refractivity contribution in [3.05, 3.63) is 48.0 Å². The maximum Gasteiger partial charge on any atom is 0.223 e. The molecule has 0 radical (unpaired) electrons.